The predicted octanol–water partition coefficient (Wildman–Crippen LogP) is 21.2. The Morgan fingerprint density at radius 1 is 0.530 bits per heavy atom. The zero-order chi connectivity index (χ0) is 47.9. The maximum absolute atomic E-state index is 4.74. The fourth-order valence-electron chi connectivity index (χ4n) is 13.2. The van der Waals surface area contributed by atoms with Gasteiger partial charge in [0.2, 0.25) is 0 Å². The third-order valence-electron chi connectivity index (χ3n) is 17.9. The summed E-state index contributed by atoms with van der Waals surface area (Å²) in [6.07, 6.45) is 67.2. The Morgan fingerprint density at radius 3 is 1.53 bits per heavy atom. The number of hydrogen-bond acceptors (Lipinski definition) is 0. The van der Waals surface area contributed by atoms with Gasteiger partial charge in [0.05, 0.1) is 0 Å². The first kappa shape index (κ1) is 55.7. The van der Waals surface area contributed by atoms with Crippen molar-refractivity contribution < 1.29 is 0 Å². The molecule has 0 aromatic carbocycles. The Morgan fingerprint density at radius 2 is 1.03 bits per heavy atom. The fraction of sp³-hybridized carbons (Fsp3) is 0.667. The first-order valence-corrected chi connectivity index (χ1v) is 28.1. The van der Waals surface area contributed by atoms with E-state index in [0.29, 0.717) is 17.8 Å². The molecule has 0 aromatic heterocycles. The van der Waals surface area contributed by atoms with E-state index in [9.17, 15) is 0 Å². The minimum atomic E-state index is 0.0847. The first-order chi connectivity index (χ1) is 31.9. The van der Waals surface area contributed by atoms with Crippen molar-refractivity contribution >= 4 is 0 Å². The molecule has 0 aliphatic heterocycles. The molecule has 4 rings (SSSR count). The summed E-state index contributed by atoms with van der Waals surface area (Å²) in [5, 5.41) is 0. The topological polar surface area (TPSA) is 0 Å². The standard InChI is InChI=1S/C66H104/c1-12-19-21-23-25-26-30-35-46-65(18-7)51-56(9)61(65)60(41-39-49-64(17-6)53-58(64)11)66(47-36-31-27-28-33-40-59-50-55(59)8,48-38-32-37-45-63(16-5)52-57(63)10)54-62(42-14-3,43-15-4)44-34-29-24-22-20-13-2/h12-18,37,39-40,45,49,55-58H,1-7,19-36,38,41-44,46-48,50-54H2,8-11H3. The molecule has 8 unspecified atom stereocenters. The normalized spacial score (nSPS) is 29.0. The molecule has 0 aromatic rings. The van der Waals surface area contributed by atoms with Gasteiger partial charge in [0.25, 0.3) is 0 Å². The Kier molecular flexibility index (Phi) is 23.6. The number of rotatable bonds is 41. The molecule has 0 saturated heterocycles. The minimum Gasteiger partial charge on any atom is -0.103 e. The third-order valence-corrected chi connectivity index (χ3v) is 17.9. The molecule has 0 heterocycles. The van der Waals surface area contributed by atoms with Crippen LogP contribution in [0.1, 0.15) is 227 Å². The van der Waals surface area contributed by atoms with Gasteiger partial charge in [-0.1, -0.05) is 188 Å². The van der Waals surface area contributed by atoms with Crippen LogP contribution in [0.15, 0.2) is 136 Å². The highest BCUT2D eigenvalue weighted by atomic mass is 14.6. The highest BCUT2D eigenvalue weighted by Gasteiger charge is 2.51. The molecule has 0 bridgehead atoms. The van der Waals surface area contributed by atoms with Crippen molar-refractivity contribution in [3.63, 3.8) is 0 Å². The van der Waals surface area contributed by atoms with Gasteiger partial charge in [-0.2, -0.15) is 0 Å². The van der Waals surface area contributed by atoms with Gasteiger partial charge in [-0.25, -0.2) is 0 Å². The number of unbranched alkanes of at least 4 members (excludes halogenated alkanes) is 15. The Hall–Kier alpha value is -2.86. The van der Waals surface area contributed by atoms with Crippen molar-refractivity contribution in [2.45, 2.75) is 227 Å². The van der Waals surface area contributed by atoms with E-state index in [1.54, 1.807) is 11.1 Å². The summed E-state index contributed by atoms with van der Waals surface area (Å²) in [5.41, 5.74) is 6.00. The summed E-state index contributed by atoms with van der Waals surface area (Å²) in [7, 11) is 0. The molecular weight excluding hydrogens is 793 g/mol. The zero-order valence-electron chi connectivity index (χ0n) is 44.1. The van der Waals surface area contributed by atoms with E-state index in [4.69, 9.17) is 6.58 Å². The van der Waals surface area contributed by atoms with Crippen molar-refractivity contribution in [3.8, 4) is 0 Å². The summed E-state index contributed by atoms with van der Waals surface area (Å²) < 4.78 is 0. The minimum absolute atomic E-state index is 0.0847. The van der Waals surface area contributed by atoms with Crippen LogP contribution in [0.25, 0.3) is 0 Å². The van der Waals surface area contributed by atoms with Gasteiger partial charge in [-0.3, -0.25) is 0 Å². The smallest absolute Gasteiger partial charge is 0.00994 e. The first-order valence-electron chi connectivity index (χ1n) is 28.1. The van der Waals surface area contributed by atoms with Crippen LogP contribution in [0.5, 0.6) is 0 Å². The number of allylic oxidation sites excluding steroid dienone is 15. The maximum Gasteiger partial charge on any atom is 0.00994 e. The molecule has 8 atom stereocenters. The highest BCUT2D eigenvalue weighted by Crippen LogP contribution is 2.63. The Labute approximate surface area is 411 Å². The molecule has 0 nitrogen and oxygen atoms in total. The quantitative estimate of drug-likeness (QED) is 0.0424. The molecule has 0 spiro atoms. The Bertz CT molecular complexity index is 1660. The van der Waals surface area contributed by atoms with Crippen molar-refractivity contribution in [3.05, 3.63) is 136 Å². The largest absolute Gasteiger partial charge is 0.103 e. The van der Waals surface area contributed by atoms with Crippen LogP contribution in [0.4, 0.5) is 0 Å². The van der Waals surface area contributed by atoms with Gasteiger partial charge < -0.3 is 0 Å². The SMILES string of the molecule is C=CCCCCCCCCC1(C=C)CC(C)C1=C(CC=CC1(C=C)CC1C)C(CCCC=CC1(C=C)CC1C)(CCCCCCC=C1CC1C)CC(CC=C)(CC=C)CCCCCCC=C. The summed E-state index contributed by atoms with van der Waals surface area (Å²) in [6, 6.07) is 0. The van der Waals surface area contributed by atoms with Gasteiger partial charge in [0, 0.05) is 16.2 Å². The second kappa shape index (κ2) is 28.0. The van der Waals surface area contributed by atoms with E-state index in [0.717, 1.165) is 44.4 Å². The van der Waals surface area contributed by atoms with Crippen LogP contribution in [-0.4, -0.2) is 0 Å². The molecular formula is C66H104. The van der Waals surface area contributed by atoms with Crippen LogP contribution in [0.2, 0.25) is 0 Å². The summed E-state index contributed by atoms with van der Waals surface area (Å²) >= 11 is 0. The van der Waals surface area contributed by atoms with Crippen LogP contribution in [-0.2, 0) is 0 Å². The van der Waals surface area contributed by atoms with Gasteiger partial charge in [-0.15, -0.1) is 46.1 Å². The van der Waals surface area contributed by atoms with E-state index in [1.165, 1.54) is 161 Å². The van der Waals surface area contributed by atoms with Crippen LogP contribution >= 0.6 is 0 Å². The van der Waals surface area contributed by atoms with Crippen LogP contribution < -0.4 is 0 Å². The fourth-order valence-corrected chi connectivity index (χ4v) is 13.2. The van der Waals surface area contributed by atoms with E-state index < -0.39 is 0 Å². The lowest BCUT2D eigenvalue weighted by Crippen LogP contribution is -2.43. The monoisotopic (exact) mass is 897 g/mol. The average molecular weight is 898 g/mol. The summed E-state index contributed by atoms with van der Waals surface area (Å²) in [6.45, 7) is 40.1. The molecule has 4 aliphatic carbocycles. The van der Waals surface area contributed by atoms with Crippen molar-refractivity contribution in [2.24, 2.45) is 50.7 Å². The van der Waals surface area contributed by atoms with Crippen molar-refractivity contribution in [2.75, 3.05) is 0 Å². The van der Waals surface area contributed by atoms with E-state index >= 15 is 0 Å². The maximum atomic E-state index is 4.74. The van der Waals surface area contributed by atoms with E-state index in [2.05, 4.69) is 140 Å². The third kappa shape index (κ3) is 16.1. The molecule has 368 valence electrons. The van der Waals surface area contributed by atoms with Crippen molar-refractivity contribution in [1.29, 1.82) is 0 Å². The molecule has 66 heavy (non-hydrogen) atoms. The molecule has 0 amide bonds. The lowest BCUT2D eigenvalue weighted by atomic mass is 9.50. The van der Waals surface area contributed by atoms with Crippen molar-refractivity contribution in [1.82, 2.24) is 0 Å². The van der Waals surface area contributed by atoms with Gasteiger partial charge in [0.15, 0.2) is 0 Å². The van der Waals surface area contributed by atoms with Crippen LogP contribution in [0.3, 0.4) is 0 Å². The predicted molar refractivity (Wildman–Crippen MR) is 297 cm³/mol. The molecule has 4 fully saturated rings. The van der Waals surface area contributed by atoms with E-state index in [-0.39, 0.29) is 27.1 Å². The molecule has 4 aliphatic rings. The lowest BCUT2D eigenvalue weighted by Gasteiger charge is -2.54. The lowest BCUT2D eigenvalue weighted by molar-refractivity contribution is 0.109. The number of hydrogen-bond donors (Lipinski definition) is 0. The molecule has 0 heteroatoms. The zero-order valence-corrected chi connectivity index (χ0v) is 44.1. The average Bonchev–Trinajstić information content (AvgIpc) is 4.27. The van der Waals surface area contributed by atoms with Crippen LogP contribution in [0, 0.1) is 50.7 Å². The Balaban J connectivity index is 1.82. The second-order valence-corrected chi connectivity index (χ2v) is 23.1. The summed E-state index contributed by atoms with van der Waals surface area (Å²) in [5.74, 6) is 2.81. The van der Waals surface area contributed by atoms with E-state index in [1.807, 2.05) is 5.57 Å². The molecule has 4 saturated carbocycles. The highest BCUT2D eigenvalue weighted by molar-refractivity contribution is 5.41. The second-order valence-electron chi connectivity index (χ2n) is 23.1. The summed E-state index contributed by atoms with van der Waals surface area (Å²) in [4.78, 5) is 0. The van der Waals surface area contributed by atoms with Gasteiger partial charge >= 0.3 is 0 Å². The van der Waals surface area contributed by atoms with Gasteiger partial charge in [0.1, 0.15) is 0 Å². The molecule has 0 N–H and O–H groups in total. The molecule has 0 radical (unpaired) electrons. The van der Waals surface area contributed by atoms with Gasteiger partial charge in [-0.05, 0) is 163 Å².